The predicted molar refractivity (Wildman–Crippen MR) is 145 cm³/mol. The quantitative estimate of drug-likeness (QED) is 0.411. The number of piperazine rings is 1. The lowest BCUT2D eigenvalue weighted by atomic mass is 10.1. The highest BCUT2D eigenvalue weighted by Crippen LogP contribution is 2.26. The topological polar surface area (TPSA) is 86.5 Å². The van der Waals surface area contributed by atoms with Crippen LogP contribution in [0.15, 0.2) is 65.1 Å². The first kappa shape index (κ1) is 25.3. The van der Waals surface area contributed by atoms with Gasteiger partial charge in [0.25, 0.3) is 5.91 Å². The smallest absolute Gasteiger partial charge is 0.255 e. The first-order valence-electron chi connectivity index (χ1n) is 12.4. The second kappa shape index (κ2) is 11.8. The van der Waals surface area contributed by atoms with Gasteiger partial charge in [0, 0.05) is 69.3 Å². The van der Waals surface area contributed by atoms with Gasteiger partial charge >= 0.3 is 0 Å². The zero-order valence-electron chi connectivity index (χ0n) is 21.4. The van der Waals surface area contributed by atoms with Gasteiger partial charge in [-0.15, -0.1) is 0 Å². The van der Waals surface area contributed by atoms with Crippen LogP contribution in [0.5, 0.6) is 0 Å². The molecule has 0 radical (unpaired) electrons. The van der Waals surface area contributed by atoms with Crippen LogP contribution in [0.4, 0.5) is 11.4 Å². The number of anilines is 2. The van der Waals surface area contributed by atoms with E-state index >= 15 is 0 Å². The third kappa shape index (κ3) is 6.08. The number of hydrogen-bond donors (Lipinski definition) is 2. The SMILES string of the molecule is CC.CN(C)c1cccc(C(=O)Nc2cccc(-c3nc4nc(CN5CCNCC5)ccc4o3)c2)c1. The minimum Gasteiger partial charge on any atom is -0.434 e. The maximum absolute atomic E-state index is 12.8. The Balaban J connectivity index is 0.00000148. The maximum Gasteiger partial charge on any atom is 0.255 e. The molecule has 1 saturated heterocycles. The Kier molecular flexibility index (Phi) is 8.30. The molecule has 4 aromatic rings. The van der Waals surface area contributed by atoms with E-state index in [0.717, 1.165) is 49.7 Å². The van der Waals surface area contributed by atoms with Gasteiger partial charge in [-0.1, -0.05) is 26.0 Å². The number of oxazole rings is 1. The largest absolute Gasteiger partial charge is 0.434 e. The fourth-order valence-electron chi connectivity index (χ4n) is 4.03. The number of nitrogens with zero attached hydrogens (tertiary/aromatic N) is 4. The lowest BCUT2D eigenvalue weighted by molar-refractivity contribution is 0.102. The molecule has 3 heterocycles. The fraction of sp³-hybridized carbons (Fsp3) is 0.321. The molecular formula is C28H34N6O2. The minimum atomic E-state index is -0.169. The molecule has 8 nitrogen and oxygen atoms in total. The van der Waals surface area contributed by atoms with Crippen LogP contribution in [0.3, 0.4) is 0 Å². The molecule has 0 saturated carbocycles. The van der Waals surface area contributed by atoms with E-state index in [1.807, 2.05) is 87.4 Å². The lowest BCUT2D eigenvalue weighted by Crippen LogP contribution is -2.43. The zero-order chi connectivity index (χ0) is 25.5. The van der Waals surface area contributed by atoms with E-state index in [1.165, 1.54) is 0 Å². The summed E-state index contributed by atoms with van der Waals surface area (Å²) in [6.07, 6.45) is 0. The van der Waals surface area contributed by atoms with Crippen LogP contribution < -0.4 is 15.5 Å². The molecule has 0 bridgehead atoms. The molecule has 1 aliphatic rings. The van der Waals surface area contributed by atoms with Crippen LogP contribution in [0.2, 0.25) is 0 Å². The molecule has 0 atom stereocenters. The van der Waals surface area contributed by atoms with Gasteiger partial charge in [-0.2, -0.15) is 4.98 Å². The van der Waals surface area contributed by atoms with Crippen LogP contribution >= 0.6 is 0 Å². The van der Waals surface area contributed by atoms with Gasteiger partial charge in [0.05, 0.1) is 5.69 Å². The van der Waals surface area contributed by atoms with Crippen molar-refractivity contribution in [2.24, 2.45) is 0 Å². The summed E-state index contributed by atoms with van der Waals surface area (Å²) >= 11 is 0. The van der Waals surface area contributed by atoms with Crippen molar-refractivity contribution in [1.82, 2.24) is 20.2 Å². The number of rotatable bonds is 6. The Morgan fingerprint density at radius 3 is 2.58 bits per heavy atom. The number of carbonyl (C=O) groups is 1. The van der Waals surface area contributed by atoms with E-state index in [0.29, 0.717) is 28.4 Å². The van der Waals surface area contributed by atoms with Gasteiger partial charge in [0.2, 0.25) is 5.89 Å². The van der Waals surface area contributed by atoms with Gasteiger partial charge in [-0.25, -0.2) is 4.98 Å². The first-order chi connectivity index (χ1) is 17.5. The molecule has 36 heavy (non-hydrogen) atoms. The molecule has 188 valence electrons. The summed E-state index contributed by atoms with van der Waals surface area (Å²) in [7, 11) is 3.90. The molecule has 0 unspecified atom stereocenters. The molecule has 1 amide bonds. The second-order valence-corrected chi connectivity index (χ2v) is 8.65. The third-order valence-corrected chi connectivity index (χ3v) is 5.90. The Bertz CT molecular complexity index is 1310. The highest BCUT2D eigenvalue weighted by atomic mass is 16.3. The normalized spacial score (nSPS) is 13.7. The average Bonchev–Trinajstić information content (AvgIpc) is 3.34. The molecule has 2 aromatic heterocycles. The monoisotopic (exact) mass is 486 g/mol. The van der Waals surface area contributed by atoms with Gasteiger partial charge in [0.15, 0.2) is 11.2 Å². The number of benzene rings is 2. The summed E-state index contributed by atoms with van der Waals surface area (Å²) in [4.78, 5) is 26.5. The molecule has 2 aromatic carbocycles. The number of aromatic nitrogens is 2. The van der Waals surface area contributed by atoms with Crippen LogP contribution in [-0.2, 0) is 6.54 Å². The number of amides is 1. The van der Waals surface area contributed by atoms with Crippen LogP contribution in [0.1, 0.15) is 29.9 Å². The average molecular weight is 487 g/mol. The van der Waals surface area contributed by atoms with Crippen molar-refractivity contribution in [3.8, 4) is 11.5 Å². The summed E-state index contributed by atoms with van der Waals surface area (Å²) in [5.41, 5.74) is 5.24. The molecule has 1 aliphatic heterocycles. The maximum atomic E-state index is 12.8. The number of nitrogens with one attached hydrogen (secondary N) is 2. The van der Waals surface area contributed by atoms with E-state index in [1.54, 1.807) is 6.07 Å². The molecule has 1 fully saturated rings. The summed E-state index contributed by atoms with van der Waals surface area (Å²) < 4.78 is 5.97. The first-order valence-corrected chi connectivity index (χ1v) is 12.4. The third-order valence-electron chi connectivity index (χ3n) is 5.90. The highest BCUT2D eigenvalue weighted by Gasteiger charge is 2.15. The molecule has 0 aliphatic carbocycles. The van der Waals surface area contributed by atoms with Crippen molar-refractivity contribution in [1.29, 1.82) is 0 Å². The Morgan fingerprint density at radius 1 is 1.03 bits per heavy atom. The van der Waals surface area contributed by atoms with E-state index in [-0.39, 0.29) is 5.91 Å². The van der Waals surface area contributed by atoms with Crippen molar-refractivity contribution < 1.29 is 9.21 Å². The van der Waals surface area contributed by atoms with Crippen LogP contribution in [0, 0.1) is 0 Å². The molecule has 5 rings (SSSR count). The standard InChI is InChI=1S/C26H28N6O2.C2H6/c1-31(2)22-8-4-5-18(16-22)25(33)29-20-7-3-6-19(15-20)26-30-24-23(34-26)10-9-21(28-24)17-32-13-11-27-12-14-32;1-2/h3-10,15-16,27H,11-14,17H2,1-2H3,(H,29,33);1-2H3. The molecular weight excluding hydrogens is 452 g/mol. The number of carbonyl (C=O) groups excluding carboxylic acids is 1. The Morgan fingerprint density at radius 2 is 1.81 bits per heavy atom. The molecule has 2 N–H and O–H groups in total. The Labute approximate surface area is 212 Å². The number of pyridine rings is 1. The number of hydrogen-bond acceptors (Lipinski definition) is 7. The molecule has 8 heteroatoms. The van der Waals surface area contributed by atoms with Gasteiger partial charge in [0.1, 0.15) is 0 Å². The zero-order valence-corrected chi connectivity index (χ0v) is 21.4. The molecule has 0 spiro atoms. The van der Waals surface area contributed by atoms with Crippen molar-refractivity contribution in [2.45, 2.75) is 20.4 Å². The van der Waals surface area contributed by atoms with Crippen molar-refractivity contribution in [3.63, 3.8) is 0 Å². The van der Waals surface area contributed by atoms with E-state index in [2.05, 4.69) is 20.5 Å². The van der Waals surface area contributed by atoms with Gasteiger partial charge in [-0.05, 0) is 48.5 Å². The van der Waals surface area contributed by atoms with Crippen molar-refractivity contribution in [2.75, 3.05) is 50.5 Å². The number of fused-ring (bicyclic) bond motifs is 1. The highest BCUT2D eigenvalue weighted by molar-refractivity contribution is 6.05. The van der Waals surface area contributed by atoms with Crippen LogP contribution in [0.25, 0.3) is 22.7 Å². The van der Waals surface area contributed by atoms with Crippen LogP contribution in [-0.4, -0.2) is 61.0 Å². The lowest BCUT2D eigenvalue weighted by Gasteiger charge is -2.26. The van der Waals surface area contributed by atoms with E-state index < -0.39 is 0 Å². The van der Waals surface area contributed by atoms with Gasteiger partial charge in [-0.3, -0.25) is 9.69 Å². The van der Waals surface area contributed by atoms with E-state index in [4.69, 9.17) is 9.40 Å². The van der Waals surface area contributed by atoms with Gasteiger partial charge < -0.3 is 20.0 Å². The predicted octanol–water partition coefficient (Wildman–Crippen LogP) is 4.64. The Hall–Kier alpha value is -3.75. The fourth-order valence-corrected chi connectivity index (χ4v) is 4.03. The second-order valence-electron chi connectivity index (χ2n) is 8.65. The van der Waals surface area contributed by atoms with E-state index in [9.17, 15) is 4.79 Å². The summed E-state index contributed by atoms with van der Waals surface area (Å²) in [6.45, 7) is 8.84. The summed E-state index contributed by atoms with van der Waals surface area (Å²) in [5.74, 6) is 0.310. The summed E-state index contributed by atoms with van der Waals surface area (Å²) in [6, 6.07) is 18.9. The summed E-state index contributed by atoms with van der Waals surface area (Å²) in [5, 5.41) is 6.34. The van der Waals surface area contributed by atoms with Crippen molar-refractivity contribution >= 4 is 28.5 Å². The van der Waals surface area contributed by atoms with Crippen molar-refractivity contribution in [3.05, 3.63) is 71.9 Å². The minimum absolute atomic E-state index is 0.169.